The number of piperidine rings is 1. The lowest BCUT2D eigenvalue weighted by atomic mass is 9.81. The zero-order chi connectivity index (χ0) is 27.1. The normalized spacial score (nSPS) is 42.0. The summed E-state index contributed by atoms with van der Waals surface area (Å²) in [5.74, 6) is -7.09. The van der Waals surface area contributed by atoms with Gasteiger partial charge < -0.3 is 19.5 Å². The van der Waals surface area contributed by atoms with Crippen LogP contribution in [0.2, 0.25) is 0 Å². The molecule has 1 unspecified atom stereocenters. The van der Waals surface area contributed by atoms with Crippen LogP contribution in [0.25, 0.3) is 0 Å². The Morgan fingerprint density at radius 2 is 2.12 bits per heavy atom. The van der Waals surface area contributed by atoms with Gasteiger partial charge in [-0.25, -0.2) is 4.39 Å². The smallest absolute Gasteiger partial charge is 0.231 e. The van der Waals surface area contributed by atoms with Crippen LogP contribution in [-0.4, -0.2) is 26.4 Å². The second-order valence-electron chi connectivity index (χ2n) is 4.96. The fourth-order valence-electron chi connectivity index (χ4n) is 2.24. The van der Waals surface area contributed by atoms with E-state index in [-0.39, 0.29) is 17.2 Å². The first-order valence-electron chi connectivity index (χ1n) is 13.0. The summed E-state index contributed by atoms with van der Waals surface area (Å²) in [6, 6.07) is -0.691. The molecule has 2 atom stereocenters. The Morgan fingerprint density at radius 1 is 1.29 bits per heavy atom. The molecule has 2 heterocycles. The first-order chi connectivity index (χ1) is 16.4. The van der Waals surface area contributed by atoms with Gasteiger partial charge in [-0.3, -0.25) is 0 Å². The lowest BCUT2D eigenvalue weighted by molar-refractivity contribution is 0.173. The first kappa shape index (κ1) is 6.92. The second kappa shape index (κ2) is 6.69. The average Bonchev–Trinajstić information content (AvgIpc) is 3.10. The number of hydrogen-bond donors (Lipinski definition) is 1. The quantitative estimate of drug-likeness (QED) is 0.926. The Balaban J connectivity index is 1.81. The minimum Gasteiger partial charge on any atom is -0.493 e. The highest BCUT2D eigenvalue weighted by Crippen LogP contribution is 2.36. The Bertz CT molecular complexity index is 1220. The van der Waals surface area contributed by atoms with Gasteiger partial charge in [-0.1, -0.05) is 12.1 Å². The molecule has 0 bridgehead atoms. The third-order valence-corrected chi connectivity index (χ3v) is 3.41. The summed E-state index contributed by atoms with van der Waals surface area (Å²) in [4.78, 5) is 0. The maximum Gasteiger partial charge on any atom is 0.231 e. The molecule has 0 saturated carbocycles. The van der Waals surface area contributed by atoms with Crippen molar-refractivity contribution < 1.29 is 35.1 Å². The molecule has 0 radical (unpaired) electrons. The molecule has 2 aliphatic rings. The van der Waals surface area contributed by atoms with Crippen LogP contribution in [0.1, 0.15) is 34.3 Å². The molecule has 0 amide bonds. The Hall–Kier alpha value is -2.27. The van der Waals surface area contributed by atoms with E-state index in [1.165, 1.54) is 18.2 Å². The number of halogens is 1. The van der Waals surface area contributed by atoms with Crippen LogP contribution >= 0.6 is 0 Å². The number of ether oxygens (including phenoxy) is 3. The molecule has 0 aliphatic carbocycles. The molecule has 0 spiro atoms. The van der Waals surface area contributed by atoms with Gasteiger partial charge in [0.2, 0.25) is 6.75 Å². The standard InChI is InChI=1S/C19H20FNO3/c20-15-3-1-13(2-4-15)17-7-8-21-10-14(17)11-22-16-5-6-18-19(9-16)24-12-23-18/h1-6,9,14,17,21H,7-8,10-12H2/t14?,17-/m0/s1/i1D,2D,3D,4D,7D2,8D2,12D2,14D,17D. The van der Waals surface area contributed by atoms with E-state index in [0.717, 1.165) is 0 Å². The summed E-state index contributed by atoms with van der Waals surface area (Å²) >= 11 is 0. The number of hydrogen-bond acceptors (Lipinski definition) is 4. The second-order valence-corrected chi connectivity index (χ2v) is 4.96. The van der Waals surface area contributed by atoms with E-state index < -0.39 is 80.1 Å². The SMILES string of the molecule is [2H]c1c([2H])c([C@@]2([2H])C([2H])(COc3ccc4c(c3)OC([2H])([2H])O4)CNC([2H])([2H])C2([2H])[2H])c([2H])c([2H])c1F. The molecule has 1 fully saturated rings. The molecule has 2 aromatic rings. The van der Waals surface area contributed by atoms with E-state index >= 15 is 0 Å². The van der Waals surface area contributed by atoms with Crippen molar-refractivity contribution >= 4 is 0 Å². The van der Waals surface area contributed by atoms with Gasteiger partial charge in [0.1, 0.15) is 14.3 Å². The van der Waals surface area contributed by atoms with Crippen LogP contribution < -0.4 is 19.5 Å². The summed E-state index contributed by atoms with van der Waals surface area (Å²) < 4.78 is 128. The lowest BCUT2D eigenvalue weighted by Gasteiger charge is -2.32. The monoisotopic (exact) mass is 341 g/mol. The van der Waals surface area contributed by atoms with Crippen molar-refractivity contribution in [2.75, 3.05) is 26.4 Å². The van der Waals surface area contributed by atoms with Gasteiger partial charge in [-0.2, -0.15) is 0 Å². The van der Waals surface area contributed by atoms with Crippen LogP contribution in [-0.2, 0) is 0 Å². The van der Waals surface area contributed by atoms with Gasteiger partial charge in [0.05, 0.1) is 12.1 Å². The minimum atomic E-state index is -3.34. The largest absolute Gasteiger partial charge is 0.493 e. The number of nitrogens with one attached hydrogen (secondary N) is 1. The van der Waals surface area contributed by atoms with Gasteiger partial charge in [-0.15, -0.1) is 0 Å². The van der Waals surface area contributed by atoms with Crippen molar-refractivity contribution in [2.24, 2.45) is 5.89 Å². The van der Waals surface area contributed by atoms with Gasteiger partial charge in [-0.05, 0) is 48.5 Å². The number of benzene rings is 2. The Morgan fingerprint density at radius 3 is 3.00 bits per heavy atom. The number of rotatable bonds is 4. The van der Waals surface area contributed by atoms with E-state index in [0.29, 0.717) is 0 Å². The van der Waals surface area contributed by atoms with Crippen molar-refractivity contribution in [3.8, 4) is 17.2 Å². The molecule has 1 N–H and O–H groups in total. The molecule has 2 aliphatic heterocycles. The van der Waals surface area contributed by atoms with E-state index in [4.69, 9.17) is 30.7 Å². The van der Waals surface area contributed by atoms with E-state index in [1.54, 1.807) is 0 Å². The zero-order valence-corrected chi connectivity index (χ0v) is 12.2. The summed E-state index contributed by atoms with van der Waals surface area (Å²) in [7, 11) is 0. The topological polar surface area (TPSA) is 39.7 Å². The van der Waals surface area contributed by atoms with Crippen LogP contribution in [0, 0.1) is 11.7 Å². The fourth-order valence-corrected chi connectivity index (χ4v) is 2.24. The maximum absolute atomic E-state index is 14.2. The number of fused-ring (bicyclic) bond motifs is 1. The van der Waals surface area contributed by atoms with Crippen molar-refractivity contribution in [3.63, 3.8) is 0 Å². The third-order valence-electron chi connectivity index (χ3n) is 3.41. The molecule has 126 valence electrons. The van der Waals surface area contributed by atoms with Crippen LogP contribution in [0.5, 0.6) is 17.2 Å². The summed E-state index contributed by atoms with van der Waals surface area (Å²) in [6.07, 6.45) is -3.34. The van der Waals surface area contributed by atoms with E-state index in [1.807, 2.05) is 0 Å². The first-order valence-corrected chi connectivity index (χ1v) is 7.05. The van der Waals surface area contributed by atoms with Crippen molar-refractivity contribution in [3.05, 3.63) is 53.7 Å². The van der Waals surface area contributed by atoms with Gasteiger partial charge in [0, 0.05) is 26.7 Å². The molecular weight excluding hydrogens is 309 g/mol. The highest BCUT2D eigenvalue weighted by molar-refractivity contribution is 5.46. The minimum absolute atomic E-state index is 0.00293. The highest BCUT2D eigenvalue weighted by atomic mass is 19.1. The third kappa shape index (κ3) is 3.17. The highest BCUT2D eigenvalue weighted by Gasteiger charge is 2.27. The molecule has 2 aromatic carbocycles. The van der Waals surface area contributed by atoms with Gasteiger partial charge in [0.25, 0.3) is 0 Å². The molecule has 0 aromatic heterocycles. The van der Waals surface area contributed by atoms with Crippen molar-refractivity contribution in [2.45, 2.75) is 12.3 Å². The van der Waals surface area contributed by atoms with Crippen LogP contribution in [0.3, 0.4) is 0 Å². The zero-order valence-electron chi connectivity index (χ0n) is 24.2. The van der Waals surface area contributed by atoms with Gasteiger partial charge >= 0.3 is 0 Å². The summed E-state index contributed by atoms with van der Waals surface area (Å²) in [5.41, 5.74) is -0.980. The average molecular weight is 341 g/mol. The fraction of sp³-hybridized carbons (Fsp3) is 0.368. The van der Waals surface area contributed by atoms with Crippen LogP contribution in [0.15, 0.2) is 42.4 Å². The van der Waals surface area contributed by atoms with Crippen LogP contribution in [0.4, 0.5) is 4.39 Å². The molecular formula is C19H20FNO3. The predicted octanol–water partition coefficient (Wildman–Crippen LogP) is 3.33. The summed E-state index contributed by atoms with van der Waals surface area (Å²) in [6.45, 7) is -6.90. The Kier molecular flexibility index (Phi) is 1.93. The van der Waals surface area contributed by atoms with Gasteiger partial charge in [0.15, 0.2) is 11.5 Å². The summed E-state index contributed by atoms with van der Waals surface area (Å²) in [5, 5.41) is 2.22. The predicted molar refractivity (Wildman–Crippen MR) is 88.2 cm³/mol. The molecule has 4 nitrogen and oxygen atoms in total. The van der Waals surface area contributed by atoms with E-state index in [2.05, 4.69) is 5.32 Å². The van der Waals surface area contributed by atoms with Crippen molar-refractivity contribution in [1.82, 2.24) is 5.32 Å². The maximum atomic E-state index is 14.2. The van der Waals surface area contributed by atoms with Crippen molar-refractivity contribution in [1.29, 1.82) is 0 Å². The molecule has 1 saturated heterocycles. The van der Waals surface area contributed by atoms with E-state index in [9.17, 15) is 4.39 Å². The molecule has 5 heteroatoms. The molecule has 4 rings (SSSR count). The molecule has 24 heavy (non-hydrogen) atoms. The lowest BCUT2D eigenvalue weighted by Crippen LogP contribution is -2.38. The Labute approximate surface area is 157 Å².